The third-order valence-electron chi connectivity index (χ3n) is 2.53. The van der Waals surface area contributed by atoms with E-state index in [-0.39, 0.29) is 11.5 Å². The highest BCUT2D eigenvalue weighted by Crippen LogP contribution is 2.17. The van der Waals surface area contributed by atoms with Gasteiger partial charge >= 0.3 is 0 Å². The van der Waals surface area contributed by atoms with E-state index in [1.807, 2.05) is 19.9 Å². The third kappa shape index (κ3) is 2.81. The van der Waals surface area contributed by atoms with Crippen LogP contribution in [0.5, 0.6) is 0 Å². The van der Waals surface area contributed by atoms with Crippen LogP contribution in [0.2, 0.25) is 0 Å². The zero-order valence-electron chi connectivity index (χ0n) is 9.78. The minimum atomic E-state index is -0.276. The first-order valence-corrected chi connectivity index (χ1v) is 5.19. The normalized spacial score (nSPS) is 11.0. The van der Waals surface area contributed by atoms with Crippen LogP contribution < -0.4 is 0 Å². The highest BCUT2D eigenvalue weighted by atomic mass is 16.6. The van der Waals surface area contributed by atoms with E-state index in [2.05, 4.69) is 18.4 Å². The molecule has 0 N–H and O–H groups in total. The maximum Gasteiger partial charge on any atom is 0.230 e. The Morgan fingerprint density at radius 1 is 1.47 bits per heavy atom. The lowest BCUT2D eigenvalue weighted by atomic mass is 10.2. The molecular weight excluding hydrogens is 192 g/mol. The van der Waals surface area contributed by atoms with Crippen molar-refractivity contribution in [3.8, 4) is 0 Å². The number of rotatable bonds is 4. The first-order chi connectivity index (χ1) is 6.91. The smallest absolute Gasteiger partial charge is 0.230 e. The van der Waals surface area contributed by atoms with Crippen LogP contribution in [0.15, 0.2) is 6.07 Å². The van der Waals surface area contributed by atoms with Crippen molar-refractivity contribution in [1.82, 2.24) is 4.57 Å². The number of nitrogens with zero attached hydrogens (tertiary/aromatic N) is 2. The van der Waals surface area contributed by atoms with E-state index in [0.29, 0.717) is 5.92 Å². The standard InChI is InChI=1S/C11H18N2O2/c1-8(2)6-12-9(3)5-11(10(12)4)7-13(14)15/h5,8H,6-7H2,1-4H3. The largest absolute Gasteiger partial charge is 0.348 e. The molecule has 0 radical (unpaired) electrons. The van der Waals surface area contributed by atoms with E-state index in [4.69, 9.17) is 0 Å². The van der Waals surface area contributed by atoms with Crippen molar-refractivity contribution in [3.63, 3.8) is 0 Å². The van der Waals surface area contributed by atoms with Crippen LogP contribution in [0.1, 0.15) is 30.8 Å². The molecule has 0 spiro atoms. The lowest BCUT2D eigenvalue weighted by molar-refractivity contribution is -0.496. The summed E-state index contributed by atoms with van der Waals surface area (Å²) in [6.07, 6.45) is 0. The first kappa shape index (κ1) is 11.8. The summed E-state index contributed by atoms with van der Waals surface area (Å²) in [5, 5.41) is 10.5. The van der Waals surface area contributed by atoms with E-state index in [0.717, 1.165) is 23.5 Å². The minimum Gasteiger partial charge on any atom is -0.348 e. The second-order valence-electron chi connectivity index (χ2n) is 4.39. The van der Waals surface area contributed by atoms with Crippen molar-refractivity contribution < 1.29 is 4.92 Å². The van der Waals surface area contributed by atoms with Crippen LogP contribution >= 0.6 is 0 Å². The fourth-order valence-corrected chi connectivity index (χ4v) is 1.82. The second kappa shape index (κ2) is 4.47. The second-order valence-corrected chi connectivity index (χ2v) is 4.39. The Balaban J connectivity index is 2.98. The Morgan fingerprint density at radius 2 is 2.07 bits per heavy atom. The molecule has 4 heteroatoms. The SMILES string of the molecule is Cc1cc(C[N+](=O)[O-])c(C)n1CC(C)C. The number of nitro groups is 1. The third-order valence-corrected chi connectivity index (χ3v) is 2.53. The van der Waals surface area contributed by atoms with E-state index in [9.17, 15) is 10.1 Å². The van der Waals surface area contributed by atoms with Crippen LogP contribution in [0, 0.1) is 29.9 Å². The molecule has 0 aromatic carbocycles. The van der Waals surface area contributed by atoms with Gasteiger partial charge in [-0.15, -0.1) is 0 Å². The number of aromatic nitrogens is 1. The molecule has 1 aromatic heterocycles. The summed E-state index contributed by atoms with van der Waals surface area (Å²) in [6, 6.07) is 1.92. The van der Waals surface area contributed by atoms with Crippen LogP contribution in [-0.4, -0.2) is 9.49 Å². The summed E-state index contributed by atoms with van der Waals surface area (Å²) < 4.78 is 2.16. The van der Waals surface area contributed by atoms with E-state index < -0.39 is 0 Å². The molecule has 0 atom stereocenters. The summed E-state index contributed by atoms with van der Waals surface area (Å²) >= 11 is 0. The molecule has 0 bridgehead atoms. The van der Waals surface area contributed by atoms with Gasteiger partial charge in [0.15, 0.2) is 0 Å². The Labute approximate surface area is 90.1 Å². The van der Waals surface area contributed by atoms with Gasteiger partial charge in [-0.1, -0.05) is 13.8 Å². The zero-order valence-corrected chi connectivity index (χ0v) is 9.78. The molecule has 84 valence electrons. The molecule has 1 heterocycles. The van der Waals surface area contributed by atoms with Gasteiger partial charge in [-0.25, -0.2) is 0 Å². The Morgan fingerprint density at radius 3 is 2.53 bits per heavy atom. The van der Waals surface area contributed by atoms with Crippen molar-refractivity contribution in [2.75, 3.05) is 0 Å². The van der Waals surface area contributed by atoms with E-state index in [1.165, 1.54) is 0 Å². The van der Waals surface area contributed by atoms with Crippen molar-refractivity contribution in [3.05, 3.63) is 33.1 Å². The van der Waals surface area contributed by atoms with Gasteiger partial charge in [-0.2, -0.15) is 0 Å². The molecule has 15 heavy (non-hydrogen) atoms. The minimum absolute atomic E-state index is 0.0717. The summed E-state index contributed by atoms with van der Waals surface area (Å²) in [7, 11) is 0. The van der Waals surface area contributed by atoms with Crippen molar-refractivity contribution >= 4 is 0 Å². The van der Waals surface area contributed by atoms with Gasteiger partial charge in [-0.05, 0) is 25.8 Å². The van der Waals surface area contributed by atoms with Gasteiger partial charge in [-0.3, -0.25) is 10.1 Å². The topological polar surface area (TPSA) is 48.1 Å². The summed E-state index contributed by atoms with van der Waals surface area (Å²) in [5.41, 5.74) is 2.97. The molecule has 0 amide bonds. The van der Waals surface area contributed by atoms with Crippen molar-refractivity contribution in [2.45, 2.75) is 40.8 Å². The Hall–Kier alpha value is -1.32. The van der Waals surface area contributed by atoms with Gasteiger partial charge in [0.2, 0.25) is 6.54 Å². The van der Waals surface area contributed by atoms with Crippen LogP contribution in [0.3, 0.4) is 0 Å². The average Bonchev–Trinajstić information content (AvgIpc) is 2.31. The zero-order chi connectivity index (χ0) is 11.6. The molecule has 0 saturated heterocycles. The molecule has 1 rings (SSSR count). The van der Waals surface area contributed by atoms with Crippen molar-refractivity contribution in [2.24, 2.45) is 5.92 Å². The van der Waals surface area contributed by atoms with Gasteiger partial charge in [0.1, 0.15) is 0 Å². The number of hydrogen-bond acceptors (Lipinski definition) is 2. The van der Waals surface area contributed by atoms with Crippen LogP contribution in [0.4, 0.5) is 0 Å². The highest BCUT2D eigenvalue weighted by molar-refractivity contribution is 5.25. The molecule has 4 nitrogen and oxygen atoms in total. The summed E-state index contributed by atoms with van der Waals surface area (Å²) in [5.74, 6) is 0.554. The highest BCUT2D eigenvalue weighted by Gasteiger charge is 2.13. The lowest BCUT2D eigenvalue weighted by Crippen LogP contribution is -2.08. The van der Waals surface area contributed by atoms with E-state index in [1.54, 1.807) is 0 Å². The van der Waals surface area contributed by atoms with E-state index >= 15 is 0 Å². The average molecular weight is 210 g/mol. The maximum atomic E-state index is 10.5. The predicted molar refractivity (Wildman–Crippen MR) is 59.4 cm³/mol. The summed E-state index contributed by atoms with van der Waals surface area (Å²) in [4.78, 5) is 10.2. The fraction of sp³-hybridized carbons (Fsp3) is 0.636. The van der Waals surface area contributed by atoms with Gasteiger partial charge in [0.25, 0.3) is 0 Å². The summed E-state index contributed by atoms with van der Waals surface area (Å²) in [6.45, 7) is 9.10. The molecule has 1 aromatic rings. The quantitative estimate of drug-likeness (QED) is 0.566. The molecule has 0 unspecified atom stereocenters. The fourth-order valence-electron chi connectivity index (χ4n) is 1.82. The number of hydrogen-bond donors (Lipinski definition) is 0. The Bertz CT molecular complexity index is 367. The monoisotopic (exact) mass is 210 g/mol. The van der Waals surface area contributed by atoms with Crippen molar-refractivity contribution in [1.29, 1.82) is 0 Å². The first-order valence-electron chi connectivity index (χ1n) is 5.19. The molecule has 0 fully saturated rings. The molecule has 0 aliphatic heterocycles. The molecule has 0 aliphatic rings. The predicted octanol–water partition coefficient (Wildman–Crippen LogP) is 2.54. The van der Waals surface area contributed by atoms with Crippen LogP contribution in [0.25, 0.3) is 0 Å². The lowest BCUT2D eigenvalue weighted by Gasteiger charge is -2.11. The van der Waals surface area contributed by atoms with Crippen LogP contribution in [-0.2, 0) is 13.1 Å². The number of aryl methyl sites for hydroxylation is 1. The maximum absolute atomic E-state index is 10.5. The molecular formula is C11H18N2O2. The molecule has 0 saturated carbocycles. The molecule has 0 aliphatic carbocycles. The van der Waals surface area contributed by atoms with Gasteiger partial charge < -0.3 is 4.57 Å². The Kier molecular flexibility index (Phi) is 3.50. The van der Waals surface area contributed by atoms with Gasteiger partial charge in [0, 0.05) is 28.4 Å². The van der Waals surface area contributed by atoms with Gasteiger partial charge in [0.05, 0.1) is 0 Å².